The minimum atomic E-state index is 0.625. The quantitative estimate of drug-likeness (QED) is 0.817. The molecule has 2 rings (SSSR count). The van der Waals surface area contributed by atoms with Gasteiger partial charge >= 0.3 is 0 Å². The summed E-state index contributed by atoms with van der Waals surface area (Å²) in [5.41, 5.74) is 2.50. The molecule has 0 spiro atoms. The van der Waals surface area contributed by atoms with Gasteiger partial charge in [-0.1, -0.05) is 32.9 Å². The number of anilines is 1. The molecular weight excluding hydrogens is 264 g/mol. The molecule has 1 saturated heterocycles. The maximum atomic E-state index is 5.52. The fourth-order valence-electron chi connectivity index (χ4n) is 2.54. The molecule has 1 fully saturated rings. The number of nitrogens with zero attached hydrogens (tertiary/aromatic N) is 1. The van der Waals surface area contributed by atoms with E-state index in [1.165, 1.54) is 24.8 Å². The first kappa shape index (κ1) is 15.3. The van der Waals surface area contributed by atoms with Gasteiger partial charge in [0.1, 0.15) is 0 Å². The van der Waals surface area contributed by atoms with Gasteiger partial charge < -0.3 is 10.2 Å². The normalized spacial score (nSPS) is 17.9. The fourth-order valence-corrected chi connectivity index (χ4v) is 2.85. The second kappa shape index (κ2) is 7.07. The van der Waals surface area contributed by atoms with Crippen molar-refractivity contribution < 1.29 is 0 Å². The minimum Gasteiger partial charge on any atom is -0.349 e. The SMILES string of the molecule is CCC(C)c1ccc(NC(=S)N2CCC(C)CC2)cc1. The molecule has 1 aromatic carbocycles. The summed E-state index contributed by atoms with van der Waals surface area (Å²) >= 11 is 5.52. The fraction of sp³-hybridized carbons (Fsp3) is 0.588. The first-order valence-electron chi connectivity index (χ1n) is 7.76. The summed E-state index contributed by atoms with van der Waals surface area (Å²) in [5.74, 6) is 1.46. The van der Waals surface area contributed by atoms with E-state index in [1.807, 2.05) is 0 Å². The van der Waals surface area contributed by atoms with Crippen LogP contribution in [0.25, 0.3) is 0 Å². The molecule has 110 valence electrons. The third-order valence-corrected chi connectivity index (χ3v) is 4.77. The van der Waals surface area contributed by atoms with Crippen LogP contribution in [0.2, 0.25) is 0 Å². The van der Waals surface area contributed by atoms with Crippen molar-refractivity contribution >= 4 is 23.0 Å². The summed E-state index contributed by atoms with van der Waals surface area (Å²) in [6.45, 7) is 8.97. The largest absolute Gasteiger partial charge is 0.349 e. The number of benzene rings is 1. The lowest BCUT2D eigenvalue weighted by Gasteiger charge is -2.32. The van der Waals surface area contributed by atoms with Crippen molar-refractivity contribution in [2.24, 2.45) is 5.92 Å². The van der Waals surface area contributed by atoms with E-state index >= 15 is 0 Å². The van der Waals surface area contributed by atoms with E-state index < -0.39 is 0 Å². The zero-order valence-corrected chi connectivity index (χ0v) is 13.7. The third kappa shape index (κ3) is 3.95. The molecule has 1 aliphatic heterocycles. The van der Waals surface area contributed by atoms with Crippen LogP contribution >= 0.6 is 12.2 Å². The van der Waals surface area contributed by atoms with Crippen molar-refractivity contribution in [1.29, 1.82) is 0 Å². The van der Waals surface area contributed by atoms with Crippen molar-refractivity contribution in [2.75, 3.05) is 18.4 Å². The number of rotatable bonds is 3. The van der Waals surface area contributed by atoms with Crippen LogP contribution < -0.4 is 5.32 Å². The Bertz CT molecular complexity index is 433. The van der Waals surface area contributed by atoms with E-state index in [2.05, 4.69) is 55.3 Å². The number of likely N-dealkylation sites (tertiary alicyclic amines) is 1. The number of hydrogen-bond acceptors (Lipinski definition) is 1. The Morgan fingerprint density at radius 2 is 1.90 bits per heavy atom. The van der Waals surface area contributed by atoms with E-state index in [-0.39, 0.29) is 0 Å². The predicted octanol–water partition coefficient (Wildman–Crippen LogP) is 4.63. The zero-order chi connectivity index (χ0) is 14.5. The molecule has 1 aliphatic rings. The smallest absolute Gasteiger partial charge is 0.173 e. The van der Waals surface area contributed by atoms with Gasteiger partial charge in [0.25, 0.3) is 0 Å². The van der Waals surface area contributed by atoms with E-state index in [1.54, 1.807) is 0 Å². The van der Waals surface area contributed by atoms with E-state index in [0.717, 1.165) is 29.8 Å². The maximum absolute atomic E-state index is 5.52. The molecule has 0 bridgehead atoms. The number of nitrogens with one attached hydrogen (secondary N) is 1. The Morgan fingerprint density at radius 1 is 1.30 bits per heavy atom. The highest BCUT2D eigenvalue weighted by Gasteiger charge is 2.17. The molecule has 1 heterocycles. The van der Waals surface area contributed by atoms with Crippen LogP contribution in [0, 0.1) is 5.92 Å². The van der Waals surface area contributed by atoms with Crippen molar-refractivity contribution in [3.05, 3.63) is 29.8 Å². The molecule has 0 saturated carbocycles. The average molecular weight is 290 g/mol. The Kier molecular flexibility index (Phi) is 5.41. The van der Waals surface area contributed by atoms with Gasteiger partial charge in [-0.2, -0.15) is 0 Å². The van der Waals surface area contributed by atoms with Gasteiger partial charge in [-0.05, 0) is 61.0 Å². The Hall–Kier alpha value is -1.09. The second-order valence-corrected chi connectivity index (χ2v) is 6.42. The highest BCUT2D eigenvalue weighted by Crippen LogP contribution is 2.21. The summed E-state index contributed by atoms with van der Waals surface area (Å²) in [7, 11) is 0. The van der Waals surface area contributed by atoms with E-state index in [0.29, 0.717) is 5.92 Å². The lowest BCUT2D eigenvalue weighted by Crippen LogP contribution is -2.40. The summed E-state index contributed by atoms with van der Waals surface area (Å²) < 4.78 is 0. The molecule has 1 atom stereocenters. The van der Waals surface area contributed by atoms with Crippen LogP contribution in [0.4, 0.5) is 5.69 Å². The van der Waals surface area contributed by atoms with Crippen molar-refractivity contribution in [2.45, 2.75) is 46.0 Å². The lowest BCUT2D eigenvalue weighted by molar-refractivity contribution is 0.283. The Labute approximate surface area is 128 Å². The van der Waals surface area contributed by atoms with Crippen LogP contribution in [0.3, 0.4) is 0 Å². The third-order valence-electron chi connectivity index (χ3n) is 4.41. The van der Waals surface area contributed by atoms with E-state index in [4.69, 9.17) is 12.2 Å². The predicted molar refractivity (Wildman–Crippen MR) is 91.3 cm³/mol. The number of thiocarbonyl (C=S) groups is 1. The zero-order valence-electron chi connectivity index (χ0n) is 12.9. The van der Waals surface area contributed by atoms with Crippen molar-refractivity contribution in [3.8, 4) is 0 Å². The molecule has 1 aromatic rings. The highest BCUT2D eigenvalue weighted by molar-refractivity contribution is 7.80. The van der Waals surface area contributed by atoms with Crippen LogP contribution in [-0.2, 0) is 0 Å². The lowest BCUT2D eigenvalue weighted by atomic mass is 9.98. The number of piperidine rings is 1. The highest BCUT2D eigenvalue weighted by atomic mass is 32.1. The molecule has 1 N–H and O–H groups in total. The van der Waals surface area contributed by atoms with Crippen LogP contribution in [0.15, 0.2) is 24.3 Å². The molecule has 20 heavy (non-hydrogen) atoms. The first-order chi connectivity index (χ1) is 9.60. The van der Waals surface area contributed by atoms with Crippen molar-refractivity contribution in [3.63, 3.8) is 0 Å². The monoisotopic (exact) mass is 290 g/mol. The summed E-state index contributed by atoms with van der Waals surface area (Å²) in [6, 6.07) is 8.69. The van der Waals surface area contributed by atoms with Gasteiger partial charge in [-0.3, -0.25) is 0 Å². The van der Waals surface area contributed by atoms with Gasteiger partial charge in [0.2, 0.25) is 0 Å². The first-order valence-corrected chi connectivity index (χ1v) is 8.17. The molecule has 2 nitrogen and oxygen atoms in total. The van der Waals surface area contributed by atoms with Gasteiger partial charge in [0, 0.05) is 18.8 Å². The molecule has 3 heteroatoms. The molecule has 0 radical (unpaired) electrons. The van der Waals surface area contributed by atoms with Gasteiger partial charge in [0.15, 0.2) is 5.11 Å². The Morgan fingerprint density at radius 3 is 2.45 bits per heavy atom. The summed E-state index contributed by atoms with van der Waals surface area (Å²) in [6.07, 6.45) is 3.67. The second-order valence-electron chi connectivity index (χ2n) is 6.03. The summed E-state index contributed by atoms with van der Waals surface area (Å²) in [4.78, 5) is 2.29. The van der Waals surface area contributed by atoms with Crippen LogP contribution in [0.5, 0.6) is 0 Å². The molecule has 0 amide bonds. The molecule has 0 aromatic heterocycles. The standard InChI is InChI=1S/C17H26N2S/c1-4-14(3)15-5-7-16(8-6-15)18-17(20)19-11-9-13(2)10-12-19/h5-8,13-14H,4,9-12H2,1-3H3,(H,18,20). The van der Waals surface area contributed by atoms with E-state index in [9.17, 15) is 0 Å². The summed E-state index contributed by atoms with van der Waals surface area (Å²) in [5, 5.41) is 4.24. The molecule has 1 unspecified atom stereocenters. The molecule has 0 aliphatic carbocycles. The van der Waals surface area contributed by atoms with Crippen LogP contribution in [-0.4, -0.2) is 23.1 Å². The van der Waals surface area contributed by atoms with Gasteiger partial charge in [0.05, 0.1) is 0 Å². The topological polar surface area (TPSA) is 15.3 Å². The average Bonchev–Trinajstić information content (AvgIpc) is 2.48. The Balaban J connectivity index is 1.91. The number of hydrogen-bond donors (Lipinski definition) is 1. The van der Waals surface area contributed by atoms with Gasteiger partial charge in [-0.25, -0.2) is 0 Å². The minimum absolute atomic E-state index is 0.625. The van der Waals surface area contributed by atoms with Crippen molar-refractivity contribution in [1.82, 2.24) is 4.90 Å². The maximum Gasteiger partial charge on any atom is 0.173 e. The molecular formula is C17H26N2S. The van der Waals surface area contributed by atoms with Gasteiger partial charge in [-0.15, -0.1) is 0 Å². The van der Waals surface area contributed by atoms with Crippen LogP contribution in [0.1, 0.15) is 51.5 Å².